The van der Waals surface area contributed by atoms with Gasteiger partial charge in [0, 0.05) is 23.2 Å². The predicted molar refractivity (Wildman–Crippen MR) is 85.8 cm³/mol. The number of nitrogens with one attached hydrogen (secondary N) is 1. The number of hydrogen-bond donors (Lipinski definition) is 1. The molecular weight excluding hydrogens is 250 g/mol. The van der Waals surface area contributed by atoms with E-state index < -0.39 is 0 Å². The van der Waals surface area contributed by atoms with Gasteiger partial charge in [0.25, 0.3) is 0 Å². The second-order valence-electron chi connectivity index (χ2n) is 5.66. The van der Waals surface area contributed by atoms with Gasteiger partial charge in [0.15, 0.2) is 0 Å². The fraction of sp³-hybridized carbons (Fsp3) is 0.647. The molecule has 1 aliphatic carbocycles. The summed E-state index contributed by atoms with van der Waals surface area (Å²) in [7, 11) is 0. The standard InChI is InChI=1S/C17H27NS/c1-15(16-9-5-2-3-6-10-16)18-13-14-19-17-11-7-4-8-12-17/h4,7-8,11-12,15-16,18H,2-3,5-6,9-10,13-14H2,1H3/t15-/m0/s1. The maximum atomic E-state index is 3.73. The average molecular weight is 277 g/mol. The van der Waals surface area contributed by atoms with Gasteiger partial charge in [-0.2, -0.15) is 0 Å². The largest absolute Gasteiger partial charge is 0.313 e. The van der Waals surface area contributed by atoms with Crippen LogP contribution in [0.3, 0.4) is 0 Å². The average Bonchev–Trinajstić information content (AvgIpc) is 2.73. The molecular formula is C17H27NS. The molecule has 0 radical (unpaired) electrons. The molecule has 19 heavy (non-hydrogen) atoms. The van der Waals surface area contributed by atoms with Gasteiger partial charge in [0.1, 0.15) is 0 Å². The topological polar surface area (TPSA) is 12.0 Å². The van der Waals surface area contributed by atoms with Crippen molar-refractivity contribution in [2.24, 2.45) is 5.92 Å². The van der Waals surface area contributed by atoms with E-state index in [-0.39, 0.29) is 0 Å². The highest BCUT2D eigenvalue weighted by molar-refractivity contribution is 7.99. The van der Waals surface area contributed by atoms with Crippen LogP contribution < -0.4 is 5.32 Å². The summed E-state index contributed by atoms with van der Waals surface area (Å²) in [5.41, 5.74) is 0. The fourth-order valence-corrected chi connectivity index (χ4v) is 3.76. The van der Waals surface area contributed by atoms with Gasteiger partial charge in [0.05, 0.1) is 0 Å². The molecule has 2 rings (SSSR count). The summed E-state index contributed by atoms with van der Waals surface area (Å²) in [6.07, 6.45) is 8.64. The van der Waals surface area contributed by atoms with Crippen LogP contribution in [0.15, 0.2) is 35.2 Å². The van der Waals surface area contributed by atoms with Gasteiger partial charge in [-0.15, -0.1) is 11.8 Å². The number of thioether (sulfide) groups is 1. The van der Waals surface area contributed by atoms with Crippen molar-refractivity contribution in [3.8, 4) is 0 Å². The van der Waals surface area contributed by atoms with Gasteiger partial charge >= 0.3 is 0 Å². The van der Waals surface area contributed by atoms with E-state index in [0.29, 0.717) is 6.04 Å². The highest BCUT2D eigenvalue weighted by atomic mass is 32.2. The summed E-state index contributed by atoms with van der Waals surface area (Å²) in [6.45, 7) is 3.50. The zero-order valence-electron chi connectivity index (χ0n) is 12.1. The van der Waals surface area contributed by atoms with Crippen molar-refractivity contribution in [1.29, 1.82) is 0 Å². The molecule has 0 heterocycles. The Balaban J connectivity index is 1.62. The molecule has 0 unspecified atom stereocenters. The van der Waals surface area contributed by atoms with Gasteiger partial charge < -0.3 is 5.32 Å². The summed E-state index contributed by atoms with van der Waals surface area (Å²) in [5.74, 6) is 2.07. The van der Waals surface area contributed by atoms with Crippen molar-refractivity contribution in [1.82, 2.24) is 5.32 Å². The quantitative estimate of drug-likeness (QED) is 0.458. The molecule has 0 aliphatic heterocycles. The molecule has 0 bridgehead atoms. The Kier molecular flexibility index (Phi) is 6.80. The van der Waals surface area contributed by atoms with E-state index in [1.807, 2.05) is 11.8 Å². The zero-order valence-corrected chi connectivity index (χ0v) is 12.9. The van der Waals surface area contributed by atoms with E-state index in [2.05, 4.69) is 42.6 Å². The Bertz CT molecular complexity index is 330. The third-order valence-corrected chi connectivity index (χ3v) is 5.20. The lowest BCUT2D eigenvalue weighted by atomic mass is 9.93. The molecule has 1 aromatic rings. The van der Waals surface area contributed by atoms with E-state index in [1.54, 1.807) is 0 Å². The predicted octanol–water partition coefficient (Wildman–Crippen LogP) is 4.73. The Labute approximate surface area is 122 Å². The smallest absolute Gasteiger partial charge is 0.0106 e. The van der Waals surface area contributed by atoms with Crippen molar-refractivity contribution in [2.75, 3.05) is 12.3 Å². The van der Waals surface area contributed by atoms with Crippen LogP contribution in [0.4, 0.5) is 0 Å². The fourth-order valence-electron chi connectivity index (χ4n) is 2.95. The summed E-state index contributed by atoms with van der Waals surface area (Å²) in [5, 5.41) is 3.73. The minimum absolute atomic E-state index is 0.689. The van der Waals surface area contributed by atoms with Crippen LogP contribution in [0.5, 0.6) is 0 Å². The zero-order chi connectivity index (χ0) is 13.3. The van der Waals surface area contributed by atoms with Crippen molar-refractivity contribution < 1.29 is 0 Å². The normalized spacial score (nSPS) is 19.0. The van der Waals surface area contributed by atoms with Gasteiger partial charge in [-0.05, 0) is 37.8 Å². The third kappa shape index (κ3) is 5.58. The Hall–Kier alpha value is -0.470. The first-order chi connectivity index (χ1) is 9.36. The Morgan fingerprint density at radius 2 is 1.79 bits per heavy atom. The molecule has 1 fully saturated rings. The molecule has 2 heteroatoms. The number of hydrogen-bond acceptors (Lipinski definition) is 2. The van der Waals surface area contributed by atoms with Crippen LogP contribution in [-0.2, 0) is 0 Å². The molecule has 1 saturated carbocycles. The van der Waals surface area contributed by atoms with Crippen LogP contribution in [0, 0.1) is 5.92 Å². The number of rotatable bonds is 6. The molecule has 1 aliphatic rings. The third-order valence-electron chi connectivity index (χ3n) is 4.19. The maximum Gasteiger partial charge on any atom is 0.0106 e. The molecule has 0 aromatic heterocycles. The summed E-state index contributed by atoms with van der Waals surface area (Å²) in [6, 6.07) is 11.4. The highest BCUT2D eigenvalue weighted by Gasteiger charge is 2.18. The monoisotopic (exact) mass is 277 g/mol. The Morgan fingerprint density at radius 1 is 1.11 bits per heavy atom. The van der Waals surface area contributed by atoms with Crippen molar-refractivity contribution in [2.45, 2.75) is 56.4 Å². The summed E-state index contributed by atoms with van der Waals surface area (Å²) >= 11 is 1.95. The van der Waals surface area contributed by atoms with Crippen LogP contribution in [0.1, 0.15) is 45.4 Å². The van der Waals surface area contributed by atoms with E-state index in [9.17, 15) is 0 Å². The molecule has 1 N–H and O–H groups in total. The van der Waals surface area contributed by atoms with Gasteiger partial charge in [-0.1, -0.05) is 43.9 Å². The summed E-state index contributed by atoms with van der Waals surface area (Å²) < 4.78 is 0. The van der Waals surface area contributed by atoms with E-state index >= 15 is 0 Å². The molecule has 0 saturated heterocycles. The lowest BCUT2D eigenvalue weighted by Gasteiger charge is -2.23. The molecule has 1 aromatic carbocycles. The molecule has 106 valence electrons. The van der Waals surface area contributed by atoms with Crippen molar-refractivity contribution >= 4 is 11.8 Å². The van der Waals surface area contributed by atoms with Crippen molar-refractivity contribution in [3.63, 3.8) is 0 Å². The van der Waals surface area contributed by atoms with E-state index in [1.165, 1.54) is 49.2 Å². The first-order valence-corrected chi connectivity index (χ1v) is 8.76. The maximum absolute atomic E-state index is 3.73. The first kappa shape index (κ1) is 14.9. The lowest BCUT2D eigenvalue weighted by Crippen LogP contribution is -2.34. The van der Waals surface area contributed by atoms with Crippen molar-refractivity contribution in [3.05, 3.63) is 30.3 Å². The minimum atomic E-state index is 0.689. The van der Waals surface area contributed by atoms with Crippen LogP contribution in [0.2, 0.25) is 0 Å². The molecule has 0 amide bonds. The second-order valence-corrected chi connectivity index (χ2v) is 6.82. The van der Waals surface area contributed by atoms with Gasteiger partial charge in [0.2, 0.25) is 0 Å². The highest BCUT2D eigenvalue weighted by Crippen LogP contribution is 2.25. The van der Waals surface area contributed by atoms with E-state index in [4.69, 9.17) is 0 Å². The van der Waals surface area contributed by atoms with Gasteiger partial charge in [-0.25, -0.2) is 0 Å². The van der Waals surface area contributed by atoms with Crippen LogP contribution in [0.25, 0.3) is 0 Å². The lowest BCUT2D eigenvalue weighted by molar-refractivity contribution is 0.344. The SMILES string of the molecule is C[C@H](NCCSc1ccccc1)C1CCCCCC1. The van der Waals surface area contributed by atoms with E-state index in [0.717, 1.165) is 12.5 Å². The first-order valence-electron chi connectivity index (χ1n) is 7.77. The Morgan fingerprint density at radius 3 is 2.47 bits per heavy atom. The molecule has 1 nitrogen and oxygen atoms in total. The van der Waals surface area contributed by atoms with Crippen LogP contribution in [-0.4, -0.2) is 18.3 Å². The minimum Gasteiger partial charge on any atom is -0.313 e. The summed E-state index contributed by atoms with van der Waals surface area (Å²) in [4.78, 5) is 1.38. The van der Waals surface area contributed by atoms with Crippen LogP contribution >= 0.6 is 11.8 Å². The number of benzene rings is 1. The molecule has 1 atom stereocenters. The molecule has 0 spiro atoms. The van der Waals surface area contributed by atoms with Gasteiger partial charge in [-0.3, -0.25) is 0 Å². The second kappa shape index (κ2) is 8.65.